The quantitative estimate of drug-likeness (QED) is 0.613. The highest BCUT2D eigenvalue weighted by atomic mass is 16.8. The molecule has 0 bridgehead atoms. The monoisotopic (exact) mass is 336 g/mol. The van der Waals surface area contributed by atoms with Gasteiger partial charge in [0, 0.05) is 33.0 Å². The highest BCUT2D eigenvalue weighted by molar-refractivity contribution is 5.84. The van der Waals surface area contributed by atoms with Crippen LogP contribution in [0.4, 0.5) is 0 Å². The molecule has 3 atom stereocenters. The highest BCUT2D eigenvalue weighted by Crippen LogP contribution is 2.33. The summed E-state index contributed by atoms with van der Waals surface area (Å²) in [4.78, 5) is 12.7. The molecule has 1 saturated heterocycles. The second-order valence-electron chi connectivity index (χ2n) is 5.74. The minimum Gasteiger partial charge on any atom is -0.504 e. The van der Waals surface area contributed by atoms with Crippen molar-refractivity contribution in [1.82, 2.24) is 0 Å². The molecule has 1 aromatic rings. The predicted octanol–water partition coefficient (Wildman–Crippen LogP) is 2.53. The SMILES string of the molecule is C/C=C1/[C@@H](OC)O[C@H](OC)C[C@H]1C(=O)CCc1ccc(O)c(O)c1. The molecular formula is C18H24O6. The molecule has 1 heterocycles. The Labute approximate surface area is 141 Å². The number of carbonyl (C=O) groups is 1. The van der Waals surface area contributed by atoms with E-state index in [1.54, 1.807) is 13.2 Å². The van der Waals surface area contributed by atoms with Crippen molar-refractivity contribution in [2.75, 3.05) is 14.2 Å². The molecule has 1 aliphatic heterocycles. The third-order valence-corrected chi connectivity index (χ3v) is 4.28. The van der Waals surface area contributed by atoms with Gasteiger partial charge in [-0.3, -0.25) is 4.79 Å². The molecule has 0 saturated carbocycles. The molecule has 0 amide bonds. The van der Waals surface area contributed by atoms with Crippen LogP contribution in [0.5, 0.6) is 11.5 Å². The van der Waals surface area contributed by atoms with Crippen molar-refractivity contribution < 1.29 is 29.2 Å². The lowest BCUT2D eigenvalue weighted by molar-refractivity contribution is -0.237. The van der Waals surface area contributed by atoms with Crippen molar-refractivity contribution in [2.45, 2.75) is 38.8 Å². The van der Waals surface area contributed by atoms with Crippen LogP contribution in [0.15, 0.2) is 29.8 Å². The summed E-state index contributed by atoms with van der Waals surface area (Å²) in [5.74, 6) is -0.594. The molecule has 1 aliphatic rings. The number of ether oxygens (including phenoxy) is 3. The number of Topliss-reactive ketones (excluding diaryl/α,β-unsaturated/α-hetero) is 1. The zero-order valence-corrected chi connectivity index (χ0v) is 14.2. The van der Waals surface area contributed by atoms with Gasteiger partial charge in [-0.05, 0) is 36.6 Å². The first-order valence-corrected chi connectivity index (χ1v) is 7.90. The number of rotatable bonds is 6. The number of hydrogen-bond donors (Lipinski definition) is 2. The summed E-state index contributed by atoms with van der Waals surface area (Å²) in [6, 6.07) is 4.58. The van der Waals surface area contributed by atoms with Gasteiger partial charge in [0.2, 0.25) is 0 Å². The van der Waals surface area contributed by atoms with Crippen LogP contribution in [0.3, 0.4) is 0 Å². The van der Waals surface area contributed by atoms with Crippen LogP contribution in [0.1, 0.15) is 25.3 Å². The van der Waals surface area contributed by atoms with Crippen LogP contribution < -0.4 is 0 Å². The van der Waals surface area contributed by atoms with Crippen LogP contribution in [0.25, 0.3) is 0 Å². The van der Waals surface area contributed by atoms with Gasteiger partial charge in [-0.2, -0.15) is 0 Å². The van der Waals surface area contributed by atoms with Gasteiger partial charge in [-0.25, -0.2) is 0 Å². The Kier molecular flexibility index (Phi) is 6.36. The fraction of sp³-hybridized carbons (Fsp3) is 0.500. The van der Waals surface area contributed by atoms with E-state index in [1.165, 1.54) is 19.2 Å². The normalized spacial score (nSPS) is 25.8. The summed E-state index contributed by atoms with van der Waals surface area (Å²) >= 11 is 0. The van der Waals surface area contributed by atoms with Crippen molar-refractivity contribution in [3.63, 3.8) is 0 Å². The molecular weight excluding hydrogens is 312 g/mol. The van der Waals surface area contributed by atoms with Crippen molar-refractivity contribution in [1.29, 1.82) is 0 Å². The first kappa shape index (κ1) is 18.4. The fourth-order valence-corrected chi connectivity index (χ4v) is 2.93. The number of carbonyl (C=O) groups excluding carboxylic acids is 1. The number of allylic oxidation sites excluding steroid dienone is 1. The third-order valence-electron chi connectivity index (χ3n) is 4.28. The number of ketones is 1. The first-order chi connectivity index (χ1) is 11.5. The number of aryl methyl sites for hydroxylation is 1. The summed E-state index contributed by atoms with van der Waals surface area (Å²) < 4.78 is 16.2. The molecule has 132 valence electrons. The second-order valence-corrected chi connectivity index (χ2v) is 5.74. The number of methoxy groups -OCH3 is 2. The third kappa shape index (κ3) is 4.14. The molecule has 2 N–H and O–H groups in total. The van der Waals surface area contributed by atoms with Crippen molar-refractivity contribution in [3.05, 3.63) is 35.4 Å². The van der Waals surface area contributed by atoms with E-state index in [9.17, 15) is 15.0 Å². The van der Waals surface area contributed by atoms with E-state index in [0.717, 1.165) is 11.1 Å². The number of aromatic hydroxyl groups is 2. The number of phenols is 2. The molecule has 2 rings (SSSR count). The van der Waals surface area contributed by atoms with E-state index in [1.807, 2.05) is 13.0 Å². The van der Waals surface area contributed by atoms with Crippen molar-refractivity contribution in [3.8, 4) is 11.5 Å². The number of hydrogen-bond acceptors (Lipinski definition) is 6. The molecule has 0 aromatic heterocycles. The first-order valence-electron chi connectivity index (χ1n) is 7.90. The summed E-state index contributed by atoms with van der Waals surface area (Å²) in [5, 5.41) is 18.9. The minimum absolute atomic E-state index is 0.0723. The maximum absolute atomic E-state index is 12.7. The summed E-state index contributed by atoms with van der Waals surface area (Å²) in [6.07, 6.45) is 2.05. The van der Waals surface area contributed by atoms with Gasteiger partial charge in [0.25, 0.3) is 0 Å². The van der Waals surface area contributed by atoms with Gasteiger partial charge in [-0.1, -0.05) is 12.1 Å². The smallest absolute Gasteiger partial charge is 0.183 e. The molecule has 0 unspecified atom stereocenters. The Morgan fingerprint density at radius 1 is 1.29 bits per heavy atom. The zero-order chi connectivity index (χ0) is 17.7. The molecule has 0 spiro atoms. The maximum atomic E-state index is 12.7. The van der Waals surface area contributed by atoms with E-state index in [4.69, 9.17) is 14.2 Å². The van der Waals surface area contributed by atoms with Gasteiger partial charge in [0.1, 0.15) is 5.78 Å². The Morgan fingerprint density at radius 2 is 2.04 bits per heavy atom. The van der Waals surface area contributed by atoms with Crippen LogP contribution in [-0.2, 0) is 25.4 Å². The van der Waals surface area contributed by atoms with E-state index < -0.39 is 12.6 Å². The minimum atomic E-state index is -0.583. The van der Waals surface area contributed by atoms with Gasteiger partial charge in [0.05, 0.1) is 0 Å². The number of benzene rings is 1. The van der Waals surface area contributed by atoms with Crippen LogP contribution in [0, 0.1) is 5.92 Å². The Balaban J connectivity index is 2.06. The largest absolute Gasteiger partial charge is 0.504 e. The Morgan fingerprint density at radius 3 is 2.62 bits per heavy atom. The highest BCUT2D eigenvalue weighted by Gasteiger charge is 2.37. The average molecular weight is 336 g/mol. The Hall–Kier alpha value is -1.89. The van der Waals surface area contributed by atoms with E-state index in [2.05, 4.69) is 0 Å². The maximum Gasteiger partial charge on any atom is 0.183 e. The topological polar surface area (TPSA) is 85.2 Å². The van der Waals surface area contributed by atoms with Gasteiger partial charge >= 0.3 is 0 Å². The molecule has 6 heteroatoms. The lowest BCUT2D eigenvalue weighted by atomic mass is 9.85. The Bertz CT molecular complexity index is 610. The van der Waals surface area contributed by atoms with Gasteiger partial charge < -0.3 is 24.4 Å². The molecule has 0 radical (unpaired) electrons. The molecule has 1 fully saturated rings. The summed E-state index contributed by atoms with van der Waals surface area (Å²) in [7, 11) is 3.08. The predicted molar refractivity (Wildman–Crippen MR) is 87.6 cm³/mol. The molecule has 1 aromatic carbocycles. The molecule has 6 nitrogen and oxygen atoms in total. The van der Waals surface area contributed by atoms with Crippen LogP contribution in [0.2, 0.25) is 0 Å². The summed E-state index contributed by atoms with van der Waals surface area (Å²) in [6.45, 7) is 1.86. The second kappa shape index (κ2) is 8.28. The lowest BCUT2D eigenvalue weighted by Crippen LogP contribution is -2.40. The lowest BCUT2D eigenvalue weighted by Gasteiger charge is -2.35. The standard InChI is InChI=1S/C18H24O6/c1-4-12-13(10-17(22-2)24-18(12)23-3)14(19)7-5-11-6-8-15(20)16(21)9-11/h4,6,8-9,13,17-18,20-21H,5,7,10H2,1-3H3/b12-4+/t13-,17+,18+/m1/s1. The average Bonchev–Trinajstić information content (AvgIpc) is 2.60. The van der Waals surface area contributed by atoms with Crippen LogP contribution in [-0.4, -0.2) is 42.8 Å². The van der Waals surface area contributed by atoms with E-state index >= 15 is 0 Å². The van der Waals surface area contributed by atoms with E-state index in [0.29, 0.717) is 19.3 Å². The number of phenolic OH excluding ortho intramolecular Hbond substituents is 2. The zero-order valence-electron chi connectivity index (χ0n) is 14.2. The van der Waals surface area contributed by atoms with Gasteiger partial charge in [0.15, 0.2) is 24.1 Å². The van der Waals surface area contributed by atoms with Crippen molar-refractivity contribution in [2.24, 2.45) is 5.92 Å². The fourth-order valence-electron chi connectivity index (χ4n) is 2.93. The van der Waals surface area contributed by atoms with E-state index in [-0.39, 0.29) is 23.2 Å². The molecule has 24 heavy (non-hydrogen) atoms. The summed E-state index contributed by atoms with van der Waals surface area (Å²) in [5.41, 5.74) is 1.60. The van der Waals surface area contributed by atoms with Gasteiger partial charge in [-0.15, -0.1) is 0 Å². The molecule has 0 aliphatic carbocycles. The van der Waals surface area contributed by atoms with Crippen LogP contribution >= 0.6 is 0 Å². The van der Waals surface area contributed by atoms with Crippen molar-refractivity contribution >= 4 is 5.78 Å².